The highest BCUT2D eigenvalue weighted by Gasteiger charge is 2.24. The Bertz CT molecular complexity index is 331. The van der Waals surface area contributed by atoms with Gasteiger partial charge in [-0.05, 0) is 43.7 Å². The molecular weight excluding hydrogens is 208 g/mol. The molecule has 1 aromatic heterocycles. The van der Waals surface area contributed by atoms with E-state index in [0.29, 0.717) is 17.1 Å². The van der Waals surface area contributed by atoms with Gasteiger partial charge >= 0.3 is 0 Å². The maximum atomic E-state index is 6.20. The number of hydrogen-bond acceptors (Lipinski definition) is 2. The van der Waals surface area contributed by atoms with Gasteiger partial charge in [0.1, 0.15) is 5.82 Å². The Balaban J connectivity index is 2.28. The molecule has 2 N–H and O–H groups in total. The maximum absolute atomic E-state index is 6.20. The Morgan fingerprint density at radius 2 is 2.27 bits per heavy atom. The first kappa shape index (κ1) is 10.7. The Morgan fingerprint density at radius 1 is 1.47 bits per heavy atom. The molecule has 82 valence electrons. The van der Waals surface area contributed by atoms with Crippen molar-refractivity contribution >= 4 is 17.4 Å². The van der Waals surface area contributed by atoms with E-state index in [4.69, 9.17) is 17.3 Å². The van der Waals surface area contributed by atoms with Crippen molar-refractivity contribution in [1.82, 2.24) is 4.98 Å². The van der Waals surface area contributed by atoms with E-state index in [9.17, 15) is 0 Å². The van der Waals surface area contributed by atoms with E-state index < -0.39 is 0 Å². The predicted octanol–water partition coefficient (Wildman–Crippen LogP) is 3.24. The van der Waals surface area contributed by atoms with Gasteiger partial charge in [-0.15, -0.1) is 11.6 Å². The van der Waals surface area contributed by atoms with Gasteiger partial charge in [0.05, 0.1) is 0 Å². The number of nitrogen functional groups attached to an aromatic ring is 1. The molecule has 1 fully saturated rings. The van der Waals surface area contributed by atoms with Crippen LogP contribution in [0.5, 0.6) is 0 Å². The van der Waals surface area contributed by atoms with Crippen molar-refractivity contribution < 1.29 is 0 Å². The molecule has 0 bridgehead atoms. The van der Waals surface area contributed by atoms with Gasteiger partial charge in [0.15, 0.2) is 0 Å². The lowest BCUT2D eigenvalue weighted by atomic mass is 9.82. The molecule has 1 aliphatic rings. The predicted molar refractivity (Wildman–Crippen MR) is 64.2 cm³/mol. The standard InChI is InChI=1S/C12H17ClN2/c1-8-5-6-15-12(14)11(8)9-3-2-4-10(13)7-9/h5-6,9-10H,2-4,7H2,1H3,(H2,14,15). The summed E-state index contributed by atoms with van der Waals surface area (Å²) >= 11 is 6.20. The van der Waals surface area contributed by atoms with Crippen LogP contribution in [-0.2, 0) is 0 Å². The minimum atomic E-state index is 0.308. The minimum Gasteiger partial charge on any atom is -0.383 e. The second-order valence-electron chi connectivity index (χ2n) is 4.39. The minimum absolute atomic E-state index is 0.308. The van der Waals surface area contributed by atoms with Crippen molar-refractivity contribution in [1.29, 1.82) is 0 Å². The van der Waals surface area contributed by atoms with Crippen LogP contribution in [0.15, 0.2) is 12.3 Å². The second kappa shape index (κ2) is 4.40. The van der Waals surface area contributed by atoms with Crippen LogP contribution >= 0.6 is 11.6 Å². The highest BCUT2D eigenvalue weighted by molar-refractivity contribution is 6.20. The van der Waals surface area contributed by atoms with Crippen LogP contribution in [0.2, 0.25) is 0 Å². The van der Waals surface area contributed by atoms with Crippen LogP contribution in [-0.4, -0.2) is 10.4 Å². The van der Waals surface area contributed by atoms with E-state index >= 15 is 0 Å². The molecule has 0 saturated heterocycles. The van der Waals surface area contributed by atoms with Gasteiger partial charge in [0.2, 0.25) is 0 Å². The Morgan fingerprint density at radius 3 is 2.93 bits per heavy atom. The largest absolute Gasteiger partial charge is 0.383 e. The lowest BCUT2D eigenvalue weighted by Gasteiger charge is -2.27. The summed E-state index contributed by atoms with van der Waals surface area (Å²) in [5.74, 6) is 1.20. The summed E-state index contributed by atoms with van der Waals surface area (Å²) in [6.45, 7) is 2.10. The molecule has 2 nitrogen and oxygen atoms in total. The molecule has 3 heteroatoms. The summed E-state index contributed by atoms with van der Waals surface area (Å²) in [5.41, 5.74) is 8.42. The molecule has 1 aliphatic carbocycles. The quantitative estimate of drug-likeness (QED) is 0.744. The number of pyridine rings is 1. The highest BCUT2D eigenvalue weighted by Crippen LogP contribution is 2.38. The number of anilines is 1. The van der Waals surface area contributed by atoms with E-state index in [2.05, 4.69) is 11.9 Å². The fourth-order valence-corrected chi connectivity index (χ4v) is 2.88. The zero-order valence-corrected chi connectivity index (χ0v) is 9.80. The van der Waals surface area contributed by atoms with Gasteiger partial charge < -0.3 is 5.73 Å². The smallest absolute Gasteiger partial charge is 0.127 e. The number of aromatic nitrogens is 1. The van der Waals surface area contributed by atoms with Crippen molar-refractivity contribution in [3.8, 4) is 0 Å². The number of nitrogens with zero attached hydrogens (tertiary/aromatic N) is 1. The number of halogens is 1. The van der Waals surface area contributed by atoms with Crippen molar-refractivity contribution in [2.24, 2.45) is 0 Å². The van der Waals surface area contributed by atoms with Gasteiger partial charge in [-0.1, -0.05) is 6.42 Å². The van der Waals surface area contributed by atoms with Crippen LogP contribution in [0.4, 0.5) is 5.82 Å². The molecule has 0 radical (unpaired) electrons. The van der Waals surface area contributed by atoms with E-state index in [1.54, 1.807) is 6.20 Å². The third kappa shape index (κ3) is 2.25. The van der Waals surface area contributed by atoms with Gasteiger partial charge in [-0.3, -0.25) is 0 Å². The van der Waals surface area contributed by atoms with Crippen LogP contribution in [0.3, 0.4) is 0 Å². The third-order valence-electron chi connectivity index (χ3n) is 3.26. The summed E-state index contributed by atoms with van der Waals surface area (Å²) in [5, 5.41) is 0.308. The average molecular weight is 225 g/mol. The van der Waals surface area contributed by atoms with Crippen LogP contribution in [0, 0.1) is 6.92 Å². The number of hydrogen-bond donors (Lipinski definition) is 1. The van der Waals surface area contributed by atoms with E-state index in [1.165, 1.54) is 24.0 Å². The fraction of sp³-hybridized carbons (Fsp3) is 0.583. The molecular formula is C12H17ClN2. The topological polar surface area (TPSA) is 38.9 Å². The molecule has 0 spiro atoms. The zero-order valence-electron chi connectivity index (χ0n) is 9.04. The summed E-state index contributed by atoms with van der Waals surface area (Å²) in [7, 11) is 0. The molecule has 2 unspecified atom stereocenters. The zero-order chi connectivity index (χ0) is 10.8. The maximum Gasteiger partial charge on any atom is 0.127 e. The normalized spacial score (nSPS) is 26.5. The average Bonchev–Trinajstić information content (AvgIpc) is 2.17. The van der Waals surface area contributed by atoms with Gasteiger partial charge in [0.25, 0.3) is 0 Å². The number of rotatable bonds is 1. The molecule has 2 rings (SSSR count). The Labute approximate surface area is 95.8 Å². The molecule has 1 heterocycles. The van der Waals surface area contributed by atoms with Gasteiger partial charge in [0, 0.05) is 17.1 Å². The molecule has 15 heavy (non-hydrogen) atoms. The fourth-order valence-electron chi connectivity index (χ4n) is 2.51. The summed E-state index contributed by atoms with van der Waals surface area (Å²) in [4.78, 5) is 4.17. The SMILES string of the molecule is Cc1ccnc(N)c1C1CCCC(Cl)C1. The Hall–Kier alpha value is -0.760. The van der Waals surface area contributed by atoms with Crippen molar-refractivity contribution in [2.75, 3.05) is 5.73 Å². The van der Waals surface area contributed by atoms with Crippen molar-refractivity contribution in [3.05, 3.63) is 23.4 Å². The summed E-state index contributed by atoms with van der Waals surface area (Å²) < 4.78 is 0. The van der Waals surface area contributed by atoms with Gasteiger partial charge in [-0.25, -0.2) is 4.98 Å². The van der Waals surface area contributed by atoms with Crippen LogP contribution in [0.1, 0.15) is 42.7 Å². The number of alkyl halides is 1. The number of nitrogens with two attached hydrogens (primary N) is 1. The first-order chi connectivity index (χ1) is 7.18. The highest BCUT2D eigenvalue weighted by atomic mass is 35.5. The van der Waals surface area contributed by atoms with E-state index in [1.807, 2.05) is 6.07 Å². The van der Waals surface area contributed by atoms with E-state index in [-0.39, 0.29) is 0 Å². The monoisotopic (exact) mass is 224 g/mol. The molecule has 0 aliphatic heterocycles. The summed E-state index contributed by atoms with van der Waals surface area (Å²) in [6, 6.07) is 2.03. The lowest BCUT2D eigenvalue weighted by Crippen LogP contribution is -2.16. The molecule has 0 aromatic carbocycles. The second-order valence-corrected chi connectivity index (χ2v) is 5.00. The first-order valence-corrected chi connectivity index (χ1v) is 5.97. The summed E-state index contributed by atoms with van der Waals surface area (Å²) in [6.07, 6.45) is 6.34. The number of aryl methyl sites for hydroxylation is 1. The van der Waals surface area contributed by atoms with E-state index in [0.717, 1.165) is 12.8 Å². The van der Waals surface area contributed by atoms with Crippen LogP contribution < -0.4 is 5.73 Å². The molecule has 2 atom stereocenters. The van der Waals surface area contributed by atoms with Gasteiger partial charge in [-0.2, -0.15) is 0 Å². The third-order valence-corrected chi connectivity index (χ3v) is 3.65. The van der Waals surface area contributed by atoms with Crippen molar-refractivity contribution in [2.45, 2.75) is 43.9 Å². The molecule has 1 saturated carbocycles. The lowest BCUT2D eigenvalue weighted by molar-refractivity contribution is 0.448. The van der Waals surface area contributed by atoms with Crippen molar-refractivity contribution in [3.63, 3.8) is 0 Å². The van der Waals surface area contributed by atoms with Crippen LogP contribution in [0.25, 0.3) is 0 Å². The Kier molecular flexibility index (Phi) is 3.15. The molecule has 1 aromatic rings. The first-order valence-electron chi connectivity index (χ1n) is 5.53. The molecule has 0 amide bonds.